The van der Waals surface area contributed by atoms with Crippen molar-refractivity contribution in [1.29, 1.82) is 0 Å². The topological polar surface area (TPSA) is 90.0 Å². The maximum absolute atomic E-state index is 13.4. The number of nitrogens with zero attached hydrogens (tertiary/aromatic N) is 3. The van der Waals surface area contributed by atoms with E-state index in [-0.39, 0.29) is 12.2 Å². The number of halogens is 3. The molecule has 33 heavy (non-hydrogen) atoms. The summed E-state index contributed by atoms with van der Waals surface area (Å²) in [6, 6.07) is 8.55. The third kappa shape index (κ3) is 6.35. The van der Waals surface area contributed by atoms with Gasteiger partial charge in [-0.3, -0.25) is 9.59 Å². The number of nitrogens with one attached hydrogen (secondary N) is 1. The Balaban J connectivity index is 2.49. The van der Waals surface area contributed by atoms with E-state index in [0.717, 1.165) is 20.7 Å². The molecular formula is C21H25Cl2FN4O4S. The average molecular weight is 519 g/mol. The Hall–Kier alpha value is -2.40. The molecule has 0 radical (unpaired) electrons. The van der Waals surface area contributed by atoms with E-state index in [4.69, 9.17) is 23.2 Å². The number of rotatable bonds is 9. The minimum Gasteiger partial charge on any atom is -0.357 e. The molecule has 0 spiro atoms. The summed E-state index contributed by atoms with van der Waals surface area (Å²) >= 11 is 12.5. The molecule has 0 aliphatic carbocycles. The molecule has 0 aromatic heterocycles. The highest BCUT2D eigenvalue weighted by Gasteiger charge is 2.33. The normalized spacial score (nSPS) is 12.4. The zero-order chi connectivity index (χ0) is 24.9. The van der Waals surface area contributed by atoms with Crippen molar-refractivity contribution in [2.75, 3.05) is 32.0 Å². The van der Waals surface area contributed by atoms with Crippen LogP contribution >= 0.6 is 23.2 Å². The van der Waals surface area contributed by atoms with E-state index >= 15 is 0 Å². The first-order valence-electron chi connectivity index (χ1n) is 9.79. The van der Waals surface area contributed by atoms with E-state index in [9.17, 15) is 22.4 Å². The summed E-state index contributed by atoms with van der Waals surface area (Å²) < 4.78 is 41.1. The maximum Gasteiger partial charge on any atom is 0.304 e. The second kappa shape index (κ2) is 11.1. The van der Waals surface area contributed by atoms with Crippen LogP contribution in [0.3, 0.4) is 0 Å². The quantitative estimate of drug-likeness (QED) is 0.552. The van der Waals surface area contributed by atoms with E-state index in [0.29, 0.717) is 15.6 Å². The smallest absolute Gasteiger partial charge is 0.304 e. The number of amides is 2. The molecule has 8 nitrogen and oxygen atoms in total. The van der Waals surface area contributed by atoms with E-state index in [1.54, 1.807) is 18.2 Å². The molecule has 0 fully saturated rings. The van der Waals surface area contributed by atoms with E-state index in [2.05, 4.69) is 5.32 Å². The van der Waals surface area contributed by atoms with Gasteiger partial charge in [0.05, 0.1) is 5.69 Å². The highest BCUT2D eigenvalue weighted by atomic mass is 35.5. The zero-order valence-corrected chi connectivity index (χ0v) is 20.9. The third-order valence-corrected chi connectivity index (χ3v) is 7.47. The van der Waals surface area contributed by atoms with Crippen molar-refractivity contribution in [1.82, 2.24) is 14.5 Å². The van der Waals surface area contributed by atoms with Gasteiger partial charge in [-0.15, -0.1) is 0 Å². The van der Waals surface area contributed by atoms with Crippen LogP contribution in [0.25, 0.3) is 0 Å². The molecule has 0 heterocycles. The van der Waals surface area contributed by atoms with Crippen molar-refractivity contribution < 1.29 is 22.4 Å². The van der Waals surface area contributed by atoms with Crippen molar-refractivity contribution >= 4 is 50.9 Å². The predicted molar refractivity (Wildman–Crippen MR) is 127 cm³/mol. The average Bonchev–Trinajstić information content (AvgIpc) is 2.76. The lowest BCUT2D eigenvalue weighted by Crippen LogP contribution is -2.52. The fraction of sp³-hybridized carbons (Fsp3) is 0.333. The lowest BCUT2D eigenvalue weighted by atomic mass is 10.1. The number of carbonyl (C=O) groups excluding carboxylic acids is 2. The van der Waals surface area contributed by atoms with Crippen molar-refractivity contribution in [2.24, 2.45) is 0 Å². The van der Waals surface area contributed by atoms with E-state index in [1.165, 1.54) is 45.1 Å². The van der Waals surface area contributed by atoms with Gasteiger partial charge in [0.15, 0.2) is 0 Å². The SMILES string of the molecule is CNC(=O)[C@@H](C)N(Cc1c(Cl)cccc1Cl)C(=O)CN(c1ccc(F)cc1)S(=O)(=O)N(C)C. The molecule has 2 rings (SSSR count). The molecule has 12 heteroatoms. The first-order valence-corrected chi connectivity index (χ1v) is 11.9. The van der Waals surface area contributed by atoms with Crippen LogP contribution in [-0.4, -0.2) is 63.2 Å². The van der Waals surface area contributed by atoms with E-state index < -0.39 is 40.4 Å². The first-order chi connectivity index (χ1) is 15.4. The first kappa shape index (κ1) is 26.8. The Morgan fingerprint density at radius 3 is 2.09 bits per heavy atom. The monoisotopic (exact) mass is 518 g/mol. The van der Waals surface area contributed by atoms with E-state index in [1.807, 2.05) is 0 Å². The fourth-order valence-electron chi connectivity index (χ4n) is 2.97. The number of hydrogen-bond acceptors (Lipinski definition) is 4. The van der Waals surface area contributed by atoms with Crippen molar-refractivity contribution in [2.45, 2.75) is 19.5 Å². The summed E-state index contributed by atoms with van der Waals surface area (Å²) in [5, 5.41) is 3.06. The van der Waals surface area contributed by atoms with Gasteiger partial charge in [-0.05, 0) is 43.3 Å². The number of anilines is 1. The lowest BCUT2D eigenvalue weighted by molar-refractivity contribution is -0.139. The highest BCUT2D eigenvalue weighted by Crippen LogP contribution is 2.27. The molecule has 0 aliphatic heterocycles. The van der Waals surface area contributed by atoms with Gasteiger partial charge in [-0.2, -0.15) is 12.7 Å². The molecule has 0 bridgehead atoms. The van der Waals surface area contributed by atoms with Crippen LogP contribution in [0.4, 0.5) is 10.1 Å². The predicted octanol–water partition coefficient (Wildman–Crippen LogP) is 2.91. The van der Waals surface area contributed by atoms with Crippen LogP contribution < -0.4 is 9.62 Å². The number of hydrogen-bond donors (Lipinski definition) is 1. The number of carbonyl (C=O) groups is 2. The van der Waals surface area contributed by atoms with Crippen molar-refractivity contribution in [3.8, 4) is 0 Å². The molecule has 1 atom stereocenters. The van der Waals surface area contributed by atoms with Crippen LogP contribution in [0.1, 0.15) is 12.5 Å². The lowest BCUT2D eigenvalue weighted by Gasteiger charge is -2.33. The van der Waals surface area contributed by atoms with Crippen LogP contribution in [-0.2, 0) is 26.3 Å². The Bertz CT molecular complexity index is 1090. The van der Waals surface area contributed by atoms with Gasteiger partial charge in [0.2, 0.25) is 11.8 Å². The molecule has 2 aromatic rings. The van der Waals surface area contributed by atoms with Crippen molar-refractivity contribution in [3.63, 3.8) is 0 Å². The summed E-state index contributed by atoms with van der Waals surface area (Å²) in [6.45, 7) is 0.727. The minimum absolute atomic E-state index is 0.0850. The third-order valence-electron chi connectivity index (χ3n) is 4.94. The molecule has 2 aromatic carbocycles. The summed E-state index contributed by atoms with van der Waals surface area (Å²) in [7, 11) is -0.0876. The molecular weight excluding hydrogens is 494 g/mol. The minimum atomic E-state index is -4.13. The van der Waals surface area contributed by atoms with Crippen LogP contribution in [0.2, 0.25) is 10.0 Å². The van der Waals surface area contributed by atoms with Crippen LogP contribution in [0.15, 0.2) is 42.5 Å². The Morgan fingerprint density at radius 2 is 1.61 bits per heavy atom. The molecule has 0 saturated heterocycles. The van der Waals surface area contributed by atoms with Gasteiger partial charge in [-0.1, -0.05) is 29.3 Å². The fourth-order valence-corrected chi connectivity index (χ4v) is 4.54. The van der Waals surface area contributed by atoms with Crippen LogP contribution in [0.5, 0.6) is 0 Å². The van der Waals surface area contributed by atoms with Gasteiger partial charge in [0.25, 0.3) is 0 Å². The second-order valence-corrected chi connectivity index (χ2v) is 10.2. The van der Waals surface area contributed by atoms with Crippen molar-refractivity contribution in [3.05, 3.63) is 63.9 Å². The highest BCUT2D eigenvalue weighted by molar-refractivity contribution is 7.90. The molecule has 2 amide bonds. The summed E-state index contributed by atoms with van der Waals surface area (Å²) in [6.07, 6.45) is 0. The van der Waals surface area contributed by atoms with Gasteiger partial charge in [0.1, 0.15) is 18.4 Å². The standard InChI is InChI=1S/C21H25Cl2FN4O4S/c1-14(21(30)25-2)27(12-17-18(22)6-5-7-19(17)23)20(29)13-28(33(31,32)26(3)4)16-10-8-15(24)9-11-16/h5-11,14H,12-13H2,1-4H3,(H,25,30)/t14-/m1/s1. The summed E-state index contributed by atoms with van der Waals surface area (Å²) in [4.78, 5) is 27.0. The van der Waals surface area contributed by atoms with Crippen LogP contribution in [0, 0.1) is 5.82 Å². The molecule has 1 N–H and O–H groups in total. The summed E-state index contributed by atoms with van der Waals surface area (Å²) in [5.41, 5.74) is 0.496. The Kier molecular flexibility index (Phi) is 9.07. The molecule has 0 aliphatic rings. The second-order valence-electron chi connectivity index (χ2n) is 7.29. The zero-order valence-electron chi connectivity index (χ0n) is 18.5. The molecule has 180 valence electrons. The molecule has 0 saturated carbocycles. The number of likely N-dealkylation sites (N-methyl/N-ethyl adjacent to an activating group) is 1. The maximum atomic E-state index is 13.4. The van der Waals surface area contributed by atoms with Gasteiger partial charge in [-0.25, -0.2) is 8.70 Å². The Morgan fingerprint density at radius 1 is 1.06 bits per heavy atom. The molecule has 0 unspecified atom stereocenters. The Labute approximate surface area is 203 Å². The van der Waals surface area contributed by atoms with Gasteiger partial charge in [0, 0.05) is 43.3 Å². The van der Waals surface area contributed by atoms with Gasteiger partial charge < -0.3 is 10.2 Å². The summed E-state index contributed by atoms with van der Waals surface area (Å²) in [5.74, 6) is -1.71. The number of benzene rings is 2. The van der Waals surface area contributed by atoms with Gasteiger partial charge >= 0.3 is 10.2 Å². The largest absolute Gasteiger partial charge is 0.357 e.